The van der Waals surface area contributed by atoms with E-state index in [9.17, 15) is 26.4 Å². The number of carbonyl (C=O) groups is 1. The molecule has 0 aliphatic rings. The summed E-state index contributed by atoms with van der Waals surface area (Å²) in [6.45, 7) is 4.67. The van der Waals surface area contributed by atoms with E-state index in [-0.39, 0.29) is 34.7 Å². The molecule has 2 aromatic carbocycles. The fourth-order valence-corrected chi connectivity index (χ4v) is 6.13. The van der Waals surface area contributed by atoms with Gasteiger partial charge in [0.25, 0.3) is 10.0 Å². The first kappa shape index (κ1) is 25.1. The maximum Gasteiger partial charge on any atom is 0.416 e. The number of thiazole rings is 1. The average Bonchev–Trinajstić information content (AvgIpc) is 3.35. The van der Waals surface area contributed by atoms with Crippen molar-refractivity contribution in [2.45, 2.75) is 44.6 Å². The van der Waals surface area contributed by atoms with Crippen molar-refractivity contribution in [3.63, 3.8) is 0 Å². The van der Waals surface area contributed by atoms with Gasteiger partial charge in [-0.1, -0.05) is 0 Å². The van der Waals surface area contributed by atoms with Crippen LogP contribution in [0.5, 0.6) is 0 Å². The van der Waals surface area contributed by atoms with Gasteiger partial charge >= 0.3 is 12.1 Å². The monoisotopic (exact) mass is 526 g/mol. The van der Waals surface area contributed by atoms with Crippen LogP contribution in [0, 0.1) is 6.92 Å². The number of nitrogens with zero attached hydrogens (tertiary/aromatic N) is 2. The number of benzene rings is 2. The molecule has 0 radical (unpaired) electrons. The Bertz CT molecular complexity index is 1520. The van der Waals surface area contributed by atoms with E-state index in [1.165, 1.54) is 36.5 Å². The second-order valence-corrected chi connectivity index (χ2v) is 10.8. The molecule has 0 fully saturated rings. The van der Waals surface area contributed by atoms with Crippen LogP contribution in [0.3, 0.4) is 0 Å². The topological polar surface area (TPSA) is 87.5 Å². The molecule has 0 N–H and O–H groups in total. The Hall–Kier alpha value is -2.96. The molecule has 4 aromatic rings. The van der Waals surface area contributed by atoms with Crippen LogP contribution in [0.25, 0.3) is 21.1 Å². The Morgan fingerprint density at radius 1 is 1.17 bits per heavy atom. The van der Waals surface area contributed by atoms with Gasteiger partial charge in [0.2, 0.25) is 0 Å². The lowest BCUT2D eigenvalue weighted by molar-refractivity contribution is -0.156. The molecule has 35 heavy (non-hydrogen) atoms. The van der Waals surface area contributed by atoms with E-state index in [0.717, 1.165) is 27.2 Å². The van der Waals surface area contributed by atoms with Crippen molar-refractivity contribution in [1.29, 1.82) is 0 Å². The Kier molecular flexibility index (Phi) is 6.64. The lowest BCUT2D eigenvalue weighted by Gasteiger charge is -2.15. The SMILES string of the molecule is CCOC(=O)C(C)OCc1cc2cc(C(F)(F)F)ccc2n1S(=O)(=O)c1ccc2nc(C)sc2c1. The zero-order valence-corrected chi connectivity index (χ0v) is 20.6. The van der Waals surface area contributed by atoms with E-state index in [2.05, 4.69) is 4.98 Å². The molecule has 0 aliphatic carbocycles. The fraction of sp³-hybridized carbons (Fsp3) is 0.304. The van der Waals surface area contributed by atoms with Gasteiger partial charge in [-0.15, -0.1) is 11.3 Å². The number of hydrogen-bond acceptors (Lipinski definition) is 7. The van der Waals surface area contributed by atoms with Crippen molar-refractivity contribution < 1.29 is 35.9 Å². The van der Waals surface area contributed by atoms with Gasteiger partial charge in [-0.3, -0.25) is 0 Å². The Labute approximate surface area is 203 Å². The minimum atomic E-state index is -4.60. The van der Waals surface area contributed by atoms with Crippen LogP contribution in [-0.2, 0) is 37.1 Å². The van der Waals surface area contributed by atoms with E-state index < -0.39 is 33.8 Å². The first-order chi connectivity index (χ1) is 16.4. The highest BCUT2D eigenvalue weighted by atomic mass is 32.2. The number of carbonyl (C=O) groups excluding carboxylic acids is 1. The van der Waals surface area contributed by atoms with Crippen LogP contribution in [0.15, 0.2) is 47.4 Å². The molecule has 0 spiro atoms. The van der Waals surface area contributed by atoms with Crippen LogP contribution in [-0.4, -0.2) is 36.1 Å². The number of halogens is 3. The summed E-state index contributed by atoms with van der Waals surface area (Å²) in [7, 11) is -4.24. The highest BCUT2D eigenvalue weighted by Crippen LogP contribution is 2.34. The Morgan fingerprint density at radius 2 is 1.91 bits per heavy atom. The fourth-order valence-electron chi connectivity index (χ4n) is 3.63. The van der Waals surface area contributed by atoms with Crippen LogP contribution < -0.4 is 0 Å². The second-order valence-electron chi connectivity index (χ2n) is 7.74. The second kappa shape index (κ2) is 9.25. The summed E-state index contributed by atoms with van der Waals surface area (Å²) in [5.41, 5.74) is -0.143. The minimum absolute atomic E-state index is 0.0502. The predicted molar refractivity (Wildman–Crippen MR) is 125 cm³/mol. The van der Waals surface area contributed by atoms with Crippen molar-refractivity contribution in [2.75, 3.05) is 6.61 Å². The lowest BCUT2D eigenvalue weighted by Crippen LogP contribution is -2.24. The number of esters is 1. The molecule has 2 aromatic heterocycles. The summed E-state index contributed by atoms with van der Waals surface area (Å²) >= 11 is 1.33. The van der Waals surface area contributed by atoms with Gasteiger partial charge in [0.15, 0.2) is 6.10 Å². The number of ether oxygens (including phenoxy) is 2. The van der Waals surface area contributed by atoms with E-state index in [0.29, 0.717) is 10.2 Å². The van der Waals surface area contributed by atoms with Crippen LogP contribution in [0.2, 0.25) is 0 Å². The summed E-state index contributed by atoms with van der Waals surface area (Å²) in [5.74, 6) is -0.636. The molecule has 186 valence electrons. The van der Waals surface area contributed by atoms with Gasteiger partial charge in [0.1, 0.15) is 0 Å². The number of aryl methyl sites for hydroxylation is 1. The molecule has 0 saturated carbocycles. The number of fused-ring (bicyclic) bond motifs is 2. The molecule has 0 amide bonds. The number of alkyl halides is 3. The first-order valence-corrected chi connectivity index (χ1v) is 12.8. The molecule has 1 unspecified atom stereocenters. The molecule has 1 atom stereocenters. The van der Waals surface area contributed by atoms with Crippen molar-refractivity contribution in [1.82, 2.24) is 8.96 Å². The van der Waals surface area contributed by atoms with Crippen LogP contribution in [0.1, 0.15) is 30.1 Å². The van der Waals surface area contributed by atoms with Crippen molar-refractivity contribution in [3.05, 3.63) is 58.7 Å². The van der Waals surface area contributed by atoms with Crippen molar-refractivity contribution >= 4 is 48.4 Å². The third-order valence-electron chi connectivity index (χ3n) is 5.26. The highest BCUT2D eigenvalue weighted by molar-refractivity contribution is 7.90. The van der Waals surface area contributed by atoms with E-state index in [1.54, 1.807) is 19.9 Å². The molecule has 0 aliphatic heterocycles. The van der Waals surface area contributed by atoms with E-state index in [1.807, 2.05) is 0 Å². The predicted octanol–water partition coefficient (Wildman–Crippen LogP) is 5.28. The van der Waals surface area contributed by atoms with Gasteiger partial charge in [-0.05, 0) is 63.2 Å². The van der Waals surface area contributed by atoms with Crippen molar-refractivity contribution in [3.8, 4) is 0 Å². The van der Waals surface area contributed by atoms with Gasteiger partial charge in [-0.2, -0.15) is 13.2 Å². The quantitative estimate of drug-likeness (QED) is 0.305. The molecule has 4 rings (SSSR count). The molecular formula is C23H21F3N2O5S2. The first-order valence-electron chi connectivity index (χ1n) is 10.5. The van der Waals surface area contributed by atoms with Crippen LogP contribution in [0.4, 0.5) is 13.2 Å². The summed E-state index contributed by atoms with van der Waals surface area (Å²) in [5, 5.41) is 0.836. The van der Waals surface area contributed by atoms with Gasteiger partial charge in [-0.25, -0.2) is 22.2 Å². The zero-order valence-electron chi connectivity index (χ0n) is 18.9. The largest absolute Gasteiger partial charge is 0.464 e. The van der Waals surface area contributed by atoms with Gasteiger partial charge < -0.3 is 9.47 Å². The Morgan fingerprint density at radius 3 is 2.60 bits per heavy atom. The molecule has 0 bridgehead atoms. The van der Waals surface area contributed by atoms with Crippen molar-refractivity contribution in [2.24, 2.45) is 0 Å². The molecule has 2 heterocycles. The zero-order chi connectivity index (χ0) is 25.5. The van der Waals surface area contributed by atoms with E-state index in [4.69, 9.17) is 9.47 Å². The smallest absolute Gasteiger partial charge is 0.416 e. The van der Waals surface area contributed by atoms with Gasteiger partial charge in [0.05, 0.1) is 50.1 Å². The molecule has 7 nitrogen and oxygen atoms in total. The number of aromatic nitrogens is 2. The maximum atomic E-state index is 13.7. The minimum Gasteiger partial charge on any atom is -0.464 e. The standard InChI is InChI=1S/C23H21F3N2O5S2/c1-4-32-22(29)13(2)33-12-17-10-15-9-16(23(24,25)26)5-8-20(15)28(17)35(30,31)18-6-7-19-21(11-18)34-14(3)27-19/h5-11,13H,4,12H2,1-3H3. The molecule has 12 heteroatoms. The lowest BCUT2D eigenvalue weighted by atomic mass is 10.1. The van der Waals surface area contributed by atoms with Crippen LogP contribution >= 0.6 is 11.3 Å². The number of hydrogen-bond donors (Lipinski definition) is 0. The Balaban J connectivity index is 1.84. The maximum absolute atomic E-state index is 13.7. The molecular weight excluding hydrogens is 505 g/mol. The number of rotatable bonds is 7. The summed E-state index contributed by atoms with van der Waals surface area (Å²) < 4.78 is 79.3. The normalized spacial score (nSPS) is 13.4. The molecule has 0 saturated heterocycles. The van der Waals surface area contributed by atoms with Gasteiger partial charge in [0, 0.05) is 5.39 Å². The average molecular weight is 527 g/mol. The summed E-state index contributed by atoms with van der Waals surface area (Å²) in [6, 6.07) is 8.61. The summed E-state index contributed by atoms with van der Waals surface area (Å²) in [6.07, 6.45) is -5.61. The highest BCUT2D eigenvalue weighted by Gasteiger charge is 2.32. The summed E-state index contributed by atoms with van der Waals surface area (Å²) in [4.78, 5) is 16.2. The van der Waals surface area contributed by atoms with E-state index >= 15 is 0 Å². The third kappa shape index (κ3) is 4.91. The third-order valence-corrected chi connectivity index (χ3v) is 7.96.